The van der Waals surface area contributed by atoms with Gasteiger partial charge in [-0.15, -0.1) is 0 Å². The van der Waals surface area contributed by atoms with Gasteiger partial charge < -0.3 is 25.4 Å². The topological polar surface area (TPSA) is 97.4 Å². The van der Waals surface area contributed by atoms with Crippen LogP contribution in [0.1, 0.15) is 28.8 Å². The van der Waals surface area contributed by atoms with E-state index >= 15 is 0 Å². The predicted molar refractivity (Wildman–Crippen MR) is 129 cm³/mol. The van der Waals surface area contributed by atoms with Gasteiger partial charge in [0.2, 0.25) is 5.95 Å². The molecule has 3 aromatic rings. The van der Waals surface area contributed by atoms with Crippen LogP contribution in [0.4, 0.5) is 20.4 Å². The molecule has 1 aromatic heterocycles. The lowest BCUT2D eigenvalue weighted by atomic mass is 10.0. The van der Waals surface area contributed by atoms with Crippen molar-refractivity contribution in [3.05, 3.63) is 66.0 Å². The molecule has 0 bridgehead atoms. The Morgan fingerprint density at radius 3 is 2.69 bits per heavy atom. The molecule has 10 heteroatoms. The first-order chi connectivity index (χ1) is 17.0. The van der Waals surface area contributed by atoms with Crippen LogP contribution in [-0.2, 0) is 11.3 Å². The Morgan fingerprint density at radius 2 is 1.97 bits per heavy atom. The molecule has 1 amide bonds. The molecular weight excluding hydrogens is 456 g/mol. The van der Waals surface area contributed by atoms with Crippen molar-refractivity contribution < 1.29 is 23.0 Å². The number of carbonyl (C=O) groups is 1. The summed E-state index contributed by atoms with van der Waals surface area (Å²) in [6, 6.07) is 12.0. The van der Waals surface area contributed by atoms with E-state index in [-0.39, 0.29) is 24.2 Å². The van der Waals surface area contributed by atoms with Crippen molar-refractivity contribution in [3.8, 4) is 16.9 Å². The van der Waals surface area contributed by atoms with Crippen molar-refractivity contribution >= 4 is 17.5 Å². The fraction of sp³-hybridized carbons (Fsp3) is 0.320. The highest BCUT2D eigenvalue weighted by atomic mass is 19.3. The zero-order valence-electron chi connectivity index (χ0n) is 19.3. The molecule has 2 heterocycles. The van der Waals surface area contributed by atoms with E-state index in [4.69, 9.17) is 4.74 Å². The molecule has 0 radical (unpaired) electrons. The van der Waals surface area contributed by atoms with E-state index in [1.54, 1.807) is 43.7 Å². The summed E-state index contributed by atoms with van der Waals surface area (Å²) < 4.78 is 35.6. The first kappa shape index (κ1) is 24.3. The smallest absolute Gasteiger partial charge is 0.387 e. The molecule has 0 saturated carbocycles. The second-order valence-electron chi connectivity index (χ2n) is 8.03. The summed E-state index contributed by atoms with van der Waals surface area (Å²) in [7, 11) is 1.54. The number of carbonyl (C=O) groups excluding carboxylic acids is 1. The molecule has 1 unspecified atom stereocenters. The number of hydrogen-bond acceptors (Lipinski definition) is 7. The number of alkyl halides is 2. The van der Waals surface area contributed by atoms with Crippen molar-refractivity contribution in [2.75, 3.05) is 30.9 Å². The Bertz CT molecular complexity index is 1140. The standard InChI is InChI=1S/C25H27F2N5O3/c1-28-23(33)20-9-8-16(18-13-30-25(31-14-18)32-19-6-4-10-34-15-19)11-21(20)29-12-17-5-2-3-7-22(17)35-24(26)27/h2-3,5,7-9,11,13-14,19,24,29H,4,6,10,12,15H2,1H3,(H,28,33)(H,30,31,32). The van der Waals surface area contributed by atoms with Gasteiger partial charge in [0.25, 0.3) is 5.91 Å². The molecular formula is C25H27F2N5O3. The first-order valence-electron chi connectivity index (χ1n) is 11.3. The highest BCUT2D eigenvalue weighted by Crippen LogP contribution is 2.28. The second-order valence-corrected chi connectivity index (χ2v) is 8.03. The molecule has 0 aliphatic carbocycles. The molecule has 35 heavy (non-hydrogen) atoms. The Hall–Kier alpha value is -3.79. The van der Waals surface area contributed by atoms with Crippen molar-refractivity contribution in [1.29, 1.82) is 0 Å². The first-order valence-corrected chi connectivity index (χ1v) is 11.3. The number of amides is 1. The fourth-order valence-electron chi connectivity index (χ4n) is 3.84. The maximum absolute atomic E-state index is 12.8. The lowest BCUT2D eigenvalue weighted by Crippen LogP contribution is -2.30. The zero-order chi connectivity index (χ0) is 24.6. The van der Waals surface area contributed by atoms with Crippen LogP contribution in [0.3, 0.4) is 0 Å². The molecule has 1 saturated heterocycles. The van der Waals surface area contributed by atoms with Crippen LogP contribution < -0.4 is 20.7 Å². The number of aromatic nitrogens is 2. The van der Waals surface area contributed by atoms with E-state index in [0.717, 1.165) is 30.6 Å². The highest BCUT2D eigenvalue weighted by molar-refractivity contribution is 6.00. The number of halogens is 2. The van der Waals surface area contributed by atoms with Crippen molar-refractivity contribution in [2.45, 2.75) is 32.0 Å². The average Bonchev–Trinajstić information content (AvgIpc) is 2.88. The minimum Gasteiger partial charge on any atom is -0.434 e. The maximum atomic E-state index is 12.8. The quantitative estimate of drug-likeness (QED) is 0.417. The largest absolute Gasteiger partial charge is 0.434 e. The van der Waals surface area contributed by atoms with Crippen LogP contribution in [0.5, 0.6) is 5.75 Å². The minimum atomic E-state index is -2.93. The lowest BCUT2D eigenvalue weighted by molar-refractivity contribution is -0.0504. The van der Waals surface area contributed by atoms with E-state index in [2.05, 4.69) is 30.7 Å². The monoisotopic (exact) mass is 483 g/mol. The molecule has 1 aliphatic heterocycles. The zero-order valence-corrected chi connectivity index (χ0v) is 19.3. The molecule has 1 aliphatic rings. The molecule has 184 valence electrons. The van der Waals surface area contributed by atoms with Crippen LogP contribution >= 0.6 is 0 Å². The van der Waals surface area contributed by atoms with Crippen LogP contribution in [-0.4, -0.2) is 48.8 Å². The summed E-state index contributed by atoms with van der Waals surface area (Å²) in [6.45, 7) is -1.33. The minimum absolute atomic E-state index is 0.0764. The van der Waals surface area contributed by atoms with Crippen molar-refractivity contribution in [2.24, 2.45) is 0 Å². The van der Waals surface area contributed by atoms with Gasteiger partial charge in [0, 0.05) is 49.4 Å². The third-order valence-electron chi connectivity index (χ3n) is 5.63. The van der Waals surface area contributed by atoms with E-state index in [1.807, 2.05) is 12.1 Å². The summed E-state index contributed by atoms with van der Waals surface area (Å²) in [5.41, 5.74) is 3.05. The Labute approximate surface area is 202 Å². The molecule has 1 fully saturated rings. The van der Waals surface area contributed by atoms with Gasteiger partial charge in [-0.2, -0.15) is 8.78 Å². The van der Waals surface area contributed by atoms with Gasteiger partial charge in [0.1, 0.15) is 5.75 Å². The molecule has 8 nitrogen and oxygen atoms in total. The van der Waals surface area contributed by atoms with Crippen LogP contribution in [0.2, 0.25) is 0 Å². The van der Waals surface area contributed by atoms with Gasteiger partial charge in [-0.25, -0.2) is 9.97 Å². The highest BCUT2D eigenvalue weighted by Gasteiger charge is 2.16. The normalized spacial score (nSPS) is 15.5. The van der Waals surface area contributed by atoms with Gasteiger partial charge in [-0.3, -0.25) is 4.79 Å². The molecule has 2 aromatic carbocycles. The molecule has 3 N–H and O–H groups in total. The summed E-state index contributed by atoms with van der Waals surface area (Å²) in [4.78, 5) is 21.3. The number of ether oxygens (including phenoxy) is 2. The van der Waals surface area contributed by atoms with Gasteiger partial charge in [-0.05, 0) is 36.6 Å². The van der Waals surface area contributed by atoms with E-state index in [1.165, 1.54) is 6.07 Å². The summed E-state index contributed by atoms with van der Waals surface area (Å²) in [5.74, 6) is 0.328. The van der Waals surface area contributed by atoms with E-state index in [9.17, 15) is 13.6 Å². The number of nitrogens with one attached hydrogen (secondary N) is 3. The summed E-state index contributed by atoms with van der Waals surface area (Å²) in [6.07, 6.45) is 5.43. The SMILES string of the molecule is CNC(=O)c1ccc(-c2cnc(NC3CCCOC3)nc2)cc1NCc1ccccc1OC(F)F. The maximum Gasteiger partial charge on any atom is 0.387 e. The number of anilines is 2. The average molecular weight is 484 g/mol. The number of hydrogen-bond donors (Lipinski definition) is 3. The Balaban J connectivity index is 1.53. The molecule has 1 atom stereocenters. The third-order valence-corrected chi connectivity index (χ3v) is 5.63. The Kier molecular flexibility index (Phi) is 8.04. The molecule has 0 spiro atoms. The van der Waals surface area contributed by atoms with Gasteiger partial charge in [0.05, 0.1) is 18.2 Å². The number of rotatable bonds is 9. The van der Waals surface area contributed by atoms with E-state index < -0.39 is 6.61 Å². The number of para-hydroxylation sites is 1. The fourth-order valence-corrected chi connectivity index (χ4v) is 3.84. The van der Waals surface area contributed by atoms with Gasteiger partial charge >= 0.3 is 6.61 Å². The summed E-state index contributed by atoms with van der Waals surface area (Å²) in [5, 5.41) is 9.08. The summed E-state index contributed by atoms with van der Waals surface area (Å²) >= 11 is 0. The lowest BCUT2D eigenvalue weighted by Gasteiger charge is -2.23. The second kappa shape index (κ2) is 11.6. The van der Waals surface area contributed by atoms with Gasteiger partial charge in [0.15, 0.2) is 0 Å². The number of benzene rings is 2. The van der Waals surface area contributed by atoms with Crippen molar-refractivity contribution in [1.82, 2.24) is 15.3 Å². The number of nitrogens with zero attached hydrogens (tertiary/aromatic N) is 2. The van der Waals surface area contributed by atoms with Gasteiger partial charge in [-0.1, -0.05) is 24.3 Å². The molecule has 4 rings (SSSR count). The Morgan fingerprint density at radius 1 is 1.17 bits per heavy atom. The van der Waals surface area contributed by atoms with Crippen LogP contribution in [0, 0.1) is 0 Å². The van der Waals surface area contributed by atoms with Crippen LogP contribution in [0.15, 0.2) is 54.9 Å². The van der Waals surface area contributed by atoms with Crippen LogP contribution in [0.25, 0.3) is 11.1 Å². The van der Waals surface area contributed by atoms with E-state index in [0.29, 0.717) is 29.4 Å². The van der Waals surface area contributed by atoms with Crippen molar-refractivity contribution in [3.63, 3.8) is 0 Å². The third kappa shape index (κ3) is 6.42. The predicted octanol–water partition coefficient (Wildman–Crippen LogP) is 4.31.